The molecule has 1 aliphatic heterocycles. The van der Waals surface area contributed by atoms with Crippen LogP contribution in [0.5, 0.6) is 0 Å². The van der Waals surface area contributed by atoms with Crippen molar-refractivity contribution in [1.82, 2.24) is 14.3 Å². The summed E-state index contributed by atoms with van der Waals surface area (Å²) in [4.78, 5) is 0. The standard InChI is InChI=1S/C14H29N3O2S2/c1-14(2,20-3)11-16-21(18,19)17-8-6-12(7-9-17)10-15-13-4-5-13/h12-13,15-16H,4-11H2,1-3H3. The highest BCUT2D eigenvalue weighted by molar-refractivity contribution is 8.00. The average Bonchev–Trinajstić information content (AvgIpc) is 3.28. The number of nitrogens with zero attached hydrogens (tertiary/aromatic N) is 1. The number of hydrogen-bond acceptors (Lipinski definition) is 4. The van der Waals surface area contributed by atoms with E-state index in [1.165, 1.54) is 12.8 Å². The highest BCUT2D eigenvalue weighted by Gasteiger charge is 2.30. The molecule has 2 fully saturated rings. The van der Waals surface area contributed by atoms with Gasteiger partial charge in [0, 0.05) is 30.4 Å². The van der Waals surface area contributed by atoms with E-state index >= 15 is 0 Å². The van der Waals surface area contributed by atoms with Gasteiger partial charge in [0.15, 0.2) is 0 Å². The van der Waals surface area contributed by atoms with Crippen molar-refractivity contribution in [1.29, 1.82) is 0 Å². The number of piperidine rings is 1. The van der Waals surface area contributed by atoms with Crippen LogP contribution >= 0.6 is 11.8 Å². The molecule has 1 aliphatic carbocycles. The maximum atomic E-state index is 12.3. The molecule has 0 spiro atoms. The Hall–Kier alpha value is 0.180. The van der Waals surface area contributed by atoms with Crippen LogP contribution in [-0.4, -0.2) is 55.9 Å². The lowest BCUT2D eigenvalue weighted by molar-refractivity contribution is 0.264. The second-order valence-electron chi connectivity index (χ2n) is 6.81. The van der Waals surface area contributed by atoms with Crippen molar-refractivity contribution in [3.63, 3.8) is 0 Å². The molecule has 0 amide bonds. The zero-order chi connectivity index (χ0) is 15.5. The molecule has 124 valence electrons. The molecule has 0 bridgehead atoms. The number of rotatable bonds is 8. The van der Waals surface area contributed by atoms with Crippen molar-refractivity contribution in [2.24, 2.45) is 5.92 Å². The van der Waals surface area contributed by atoms with Gasteiger partial charge in [-0.15, -0.1) is 0 Å². The Kier molecular flexibility index (Phi) is 5.99. The maximum absolute atomic E-state index is 12.3. The topological polar surface area (TPSA) is 61.4 Å². The second kappa shape index (κ2) is 7.17. The summed E-state index contributed by atoms with van der Waals surface area (Å²) in [6.07, 6.45) is 6.55. The minimum atomic E-state index is -3.32. The lowest BCUT2D eigenvalue weighted by Gasteiger charge is -2.32. The van der Waals surface area contributed by atoms with Gasteiger partial charge in [-0.3, -0.25) is 0 Å². The van der Waals surface area contributed by atoms with Crippen LogP contribution in [0.15, 0.2) is 0 Å². The van der Waals surface area contributed by atoms with Crippen LogP contribution in [0.4, 0.5) is 0 Å². The summed E-state index contributed by atoms with van der Waals surface area (Å²) < 4.78 is 28.9. The van der Waals surface area contributed by atoms with Gasteiger partial charge in [0.25, 0.3) is 10.2 Å². The van der Waals surface area contributed by atoms with E-state index in [0.29, 0.717) is 25.6 Å². The summed E-state index contributed by atoms with van der Waals surface area (Å²) in [5.41, 5.74) is 0. The fraction of sp³-hybridized carbons (Fsp3) is 1.00. The smallest absolute Gasteiger partial charge is 0.279 e. The molecule has 21 heavy (non-hydrogen) atoms. The van der Waals surface area contributed by atoms with Crippen LogP contribution in [0.3, 0.4) is 0 Å². The second-order valence-corrected chi connectivity index (χ2v) is 10.1. The summed E-state index contributed by atoms with van der Waals surface area (Å²) in [6.45, 7) is 6.91. The van der Waals surface area contributed by atoms with Gasteiger partial charge in [0.2, 0.25) is 0 Å². The van der Waals surface area contributed by atoms with Gasteiger partial charge < -0.3 is 5.32 Å². The van der Waals surface area contributed by atoms with Crippen molar-refractivity contribution in [2.45, 2.75) is 50.3 Å². The van der Waals surface area contributed by atoms with Gasteiger partial charge in [0.05, 0.1) is 0 Å². The quantitative estimate of drug-likeness (QED) is 0.704. The molecule has 2 aliphatic rings. The summed E-state index contributed by atoms with van der Waals surface area (Å²) in [7, 11) is -3.32. The molecule has 0 atom stereocenters. The van der Waals surface area contributed by atoms with Crippen molar-refractivity contribution in [3.05, 3.63) is 0 Å². The molecule has 5 nitrogen and oxygen atoms in total. The number of hydrogen-bond donors (Lipinski definition) is 2. The Labute approximate surface area is 133 Å². The van der Waals surface area contributed by atoms with Crippen LogP contribution in [0, 0.1) is 5.92 Å². The molecule has 0 unspecified atom stereocenters. The molecule has 0 radical (unpaired) electrons. The first-order valence-electron chi connectivity index (χ1n) is 7.86. The monoisotopic (exact) mass is 335 g/mol. The van der Waals surface area contributed by atoms with E-state index in [0.717, 1.165) is 25.4 Å². The predicted octanol–water partition coefficient (Wildman–Crippen LogP) is 1.43. The Bertz CT molecular complexity index is 428. The molecule has 0 aromatic carbocycles. The zero-order valence-corrected chi connectivity index (χ0v) is 15.0. The Balaban J connectivity index is 1.74. The first-order valence-corrected chi connectivity index (χ1v) is 10.5. The highest BCUT2D eigenvalue weighted by Crippen LogP contribution is 2.23. The molecule has 1 saturated carbocycles. The van der Waals surface area contributed by atoms with E-state index < -0.39 is 10.2 Å². The van der Waals surface area contributed by atoms with Crippen LogP contribution < -0.4 is 10.0 Å². The van der Waals surface area contributed by atoms with Gasteiger partial charge in [-0.2, -0.15) is 24.5 Å². The van der Waals surface area contributed by atoms with E-state index in [1.807, 2.05) is 6.26 Å². The van der Waals surface area contributed by atoms with Crippen LogP contribution in [-0.2, 0) is 10.2 Å². The Morgan fingerprint density at radius 1 is 1.19 bits per heavy atom. The zero-order valence-electron chi connectivity index (χ0n) is 13.4. The third-order valence-corrected chi connectivity index (χ3v) is 7.22. The molecular weight excluding hydrogens is 306 g/mol. The minimum Gasteiger partial charge on any atom is -0.314 e. The highest BCUT2D eigenvalue weighted by atomic mass is 32.2. The normalized spacial score (nSPS) is 22.6. The Morgan fingerprint density at radius 3 is 2.33 bits per heavy atom. The predicted molar refractivity (Wildman–Crippen MR) is 89.8 cm³/mol. The van der Waals surface area contributed by atoms with Crippen molar-refractivity contribution in [2.75, 3.05) is 32.4 Å². The summed E-state index contributed by atoms with van der Waals surface area (Å²) in [5.74, 6) is 0.625. The third kappa shape index (κ3) is 5.71. The van der Waals surface area contributed by atoms with Gasteiger partial charge >= 0.3 is 0 Å². The van der Waals surface area contributed by atoms with E-state index in [1.54, 1.807) is 16.1 Å². The molecule has 0 aromatic rings. The lowest BCUT2D eigenvalue weighted by Crippen LogP contribution is -2.48. The summed E-state index contributed by atoms with van der Waals surface area (Å²) in [5, 5.41) is 3.55. The fourth-order valence-corrected chi connectivity index (χ4v) is 4.13. The van der Waals surface area contributed by atoms with Crippen molar-refractivity contribution >= 4 is 22.0 Å². The molecule has 1 heterocycles. The Morgan fingerprint density at radius 2 is 1.81 bits per heavy atom. The van der Waals surface area contributed by atoms with Gasteiger partial charge in [-0.05, 0) is 58.2 Å². The van der Waals surface area contributed by atoms with E-state index in [9.17, 15) is 8.42 Å². The third-order valence-electron chi connectivity index (χ3n) is 4.42. The molecule has 7 heteroatoms. The van der Waals surface area contributed by atoms with E-state index in [-0.39, 0.29) is 4.75 Å². The average molecular weight is 336 g/mol. The van der Waals surface area contributed by atoms with E-state index in [4.69, 9.17) is 0 Å². The SMILES string of the molecule is CSC(C)(C)CNS(=O)(=O)N1CCC(CNC2CC2)CC1. The van der Waals surface area contributed by atoms with E-state index in [2.05, 4.69) is 23.9 Å². The van der Waals surface area contributed by atoms with Crippen LogP contribution in [0.2, 0.25) is 0 Å². The lowest BCUT2D eigenvalue weighted by atomic mass is 9.98. The number of nitrogens with one attached hydrogen (secondary N) is 2. The van der Waals surface area contributed by atoms with Gasteiger partial charge in [0.1, 0.15) is 0 Å². The first kappa shape index (κ1) is 17.5. The summed E-state index contributed by atoms with van der Waals surface area (Å²) >= 11 is 1.68. The number of thioether (sulfide) groups is 1. The molecule has 1 saturated heterocycles. The molecule has 0 aromatic heterocycles. The largest absolute Gasteiger partial charge is 0.314 e. The molecular formula is C14H29N3O2S2. The van der Waals surface area contributed by atoms with Crippen LogP contribution in [0.1, 0.15) is 39.5 Å². The first-order chi connectivity index (χ1) is 9.82. The van der Waals surface area contributed by atoms with Gasteiger partial charge in [-0.1, -0.05) is 0 Å². The van der Waals surface area contributed by atoms with Crippen molar-refractivity contribution in [3.8, 4) is 0 Å². The summed E-state index contributed by atoms with van der Waals surface area (Å²) in [6, 6.07) is 0.738. The maximum Gasteiger partial charge on any atom is 0.279 e. The fourth-order valence-electron chi connectivity index (χ4n) is 2.40. The molecule has 2 rings (SSSR count). The molecule has 2 N–H and O–H groups in total. The minimum absolute atomic E-state index is 0.0699. The van der Waals surface area contributed by atoms with Crippen molar-refractivity contribution < 1.29 is 8.42 Å². The van der Waals surface area contributed by atoms with Crippen LogP contribution in [0.25, 0.3) is 0 Å². The van der Waals surface area contributed by atoms with Gasteiger partial charge in [-0.25, -0.2) is 4.72 Å².